The molecular formula is C13H12N2O2S. The maximum Gasteiger partial charge on any atom is 0.272 e. The third kappa shape index (κ3) is 3.01. The fraction of sp³-hybridized carbons (Fsp3) is 0.0769. The number of anilines is 1. The summed E-state index contributed by atoms with van der Waals surface area (Å²) in [5, 5.41) is 2.74. The summed E-state index contributed by atoms with van der Waals surface area (Å²) in [5.41, 5.74) is 0.661. The van der Waals surface area contributed by atoms with E-state index >= 15 is 0 Å². The third-order valence-electron chi connectivity index (χ3n) is 2.34. The molecular weight excluding hydrogens is 248 g/mol. The topological polar surface area (TPSA) is 62.0 Å². The van der Waals surface area contributed by atoms with Gasteiger partial charge >= 0.3 is 0 Å². The Morgan fingerprint density at radius 1 is 1.22 bits per heavy atom. The van der Waals surface area contributed by atoms with Crippen LogP contribution in [0.1, 0.15) is 10.5 Å². The maximum absolute atomic E-state index is 11.9. The van der Waals surface area contributed by atoms with E-state index in [0.29, 0.717) is 5.69 Å². The lowest BCUT2D eigenvalue weighted by atomic mass is 10.3. The van der Waals surface area contributed by atoms with Crippen LogP contribution in [0.25, 0.3) is 0 Å². The highest BCUT2D eigenvalue weighted by molar-refractivity contribution is 7.98. The molecule has 2 N–H and O–H groups in total. The van der Waals surface area contributed by atoms with E-state index in [9.17, 15) is 9.59 Å². The molecule has 92 valence electrons. The minimum Gasteiger partial charge on any atom is -0.321 e. The molecule has 5 heteroatoms. The van der Waals surface area contributed by atoms with Gasteiger partial charge in [-0.3, -0.25) is 9.59 Å². The predicted octanol–water partition coefficient (Wildman–Crippen LogP) is 2.35. The molecule has 0 atom stereocenters. The van der Waals surface area contributed by atoms with E-state index in [-0.39, 0.29) is 17.2 Å². The monoisotopic (exact) mass is 260 g/mol. The Balaban J connectivity index is 2.18. The molecule has 18 heavy (non-hydrogen) atoms. The number of pyridine rings is 1. The summed E-state index contributed by atoms with van der Waals surface area (Å²) in [6.07, 6.45) is 1.97. The predicted molar refractivity (Wildman–Crippen MR) is 73.2 cm³/mol. The fourth-order valence-corrected chi connectivity index (χ4v) is 1.94. The van der Waals surface area contributed by atoms with E-state index in [0.717, 1.165) is 4.90 Å². The van der Waals surface area contributed by atoms with Gasteiger partial charge in [-0.05, 0) is 30.5 Å². The number of amides is 1. The van der Waals surface area contributed by atoms with Crippen molar-refractivity contribution < 1.29 is 4.79 Å². The molecule has 0 aliphatic carbocycles. The van der Waals surface area contributed by atoms with Crippen molar-refractivity contribution in [3.8, 4) is 0 Å². The van der Waals surface area contributed by atoms with Crippen molar-refractivity contribution >= 4 is 23.4 Å². The minimum absolute atomic E-state index is 0.247. The Hall–Kier alpha value is -2.01. The lowest BCUT2D eigenvalue weighted by Crippen LogP contribution is -2.17. The van der Waals surface area contributed by atoms with Crippen LogP contribution >= 0.6 is 11.8 Å². The van der Waals surface area contributed by atoms with E-state index < -0.39 is 0 Å². The molecule has 2 rings (SSSR count). The average molecular weight is 260 g/mol. The molecule has 0 aliphatic rings. The van der Waals surface area contributed by atoms with Crippen molar-refractivity contribution in [1.82, 2.24) is 4.98 Å². The molecule has 0 bridgehead atoms. The molecule has 0 radical (unpaired) electrons. The molecule has 0 unspecified atom stereocenters. The van der Waals surface area contributed by atoms with Gasteiger partial charge in [0.05, 0.1) is 0 Å². The van der Waals surface area contributed by atoms with Crippen LogP contribution in [-0.4, -0.2) is 17.1 Å². The van der Waals surface area contributed by atoms with Crippen molar-refractivity contribution in [2.75, 3.05) is 11.6 Å². The zero-order valence-electron chi connectivity index (χ0n) is 9.77. The summed E-state index contributed by atoms with van der Waals surface area (Å²) in [6, 6.07) is 12.0. The van der Waals surface area contributed by atoms with E-state index in [1.165, 1.54) is 6.07 Å². The largest absolute Gasteiger partial charge is 0.321 e. The smallest absolute Gasteiger partial charge is 0.272 e. The number of carbonyl (C=O) groups is 1. The van der Waals surface area contributed by atoms with E-state index in [4.69, 9.17) is 0 Å². The number of rotatable bonds is 3. The van der Waals surface area contributed by atoms with Gasteiger partial charge in [-0.15, -0.1) is 11.8 Å². The summed E-state index contributed by atoms with van der Waals surface area (Å²) in [5.74, 6) is -0.328. The highest BCUT2D eigenvalue weighted by atomic mass is 32.2. The number of carbonyl (C=O) groups excluding carboxylic acids is 1. The summed E-state index contributed by atoms with van der Waals surface area (Å²) in [6.45, 7) is 0. The highest BCUT2D eigenvalue weighted by Gasteiger charge is 2.06. The Kier molecular flexibility index (Phi) is 3.84. The number of benzene rings is 1. The van der Waals surface area contributed by atoms with Crippen LogP contribution in [0.2, 0.25) is 0 Å². The van der Waals surface area contributed by atoms with Crippen LogP contribution in [0.5, 0.6) is 0 Å². The maximum atomic E-state index is 11.9. The van der Waals surface area contributed by atoms with Crippen LogP contribution in [0.4, 0.5) is 5.69 Å². The molecule has 2 aromatic rings. The second-order valence-corrected chi connectivity index (χ2v) is 4.49. The first-order valence-corrected chi connectivity index (χ1v) is 6.56. The minimum atomic E-state index is -0.328. The normalized spacial score (nSPS) is 10.1. The molecule has 0 saturated carbocycles. The summed E-state index contributed by atoms with van der Waals surface area (Å²) in [4.78, 5) is 26.5. The Bertz CT molecular complexity index is 622. The van der Waals surface area contributed by atoms with Gasteiger partial charge in [0, 0.05) is 16.6 Å². The number of thioether (sulfide) groups is 1. The first kappa shape index (κ1) is 12.4. The fourth-order valence-electron chi connectivity index (χ4n) is 1.48. The van der Waals surface area contributed by atoms with Crippen molar-refractivity contribution in [1.29, 1.82) is 0 Å². The number of H-pyrrole nitrogens is 1. The first-order chi connectivity index (χ1) is 8.69. The summed E-state index contributed by atoms with van der Waals surface area (Å²) < 4.78 is 0. The van der Waals surface area contributed by atoms with Gasteiger partial charge in [-0.25, -0.2) is 0 Å². The molecule has 0 spiro atoms. The van der Waals surface area contributed by atoms with Crippen LogP contribution in [0.15, 0.2) is 52.2 Å². The van der Waals surface area contributed by atoms with E-state index in [1.54, 1.807) is 30.0 Å². The van der Waals surface area contributed by atoms with Crippen LogP contribution in [0, 0.1) is 0 Å². The lowest BCUT2D eigenvalue weighted by Gasteiger charge is -2.06. The summed E-state index contributed by atoms with van der Waals surface area (Å²) in [7, 11) is 0. The Morgan fingerprint density at radius 2 is 2.00 bits per heavy atom. The number of hydrogen-bond acceptors (Lipinski definition) is 3. The van der Waals surface area contributed by atoms with Crippen LogP contribution in [-0.2, 0) is 0 Å². The zero-order chi connectivity index (χ0) is 13.0. The number of hydrogen-bond donors (Lipinski definition) is 2. The molecule has 0 aliphatic heterocycles. The molecule has 0 fully saturated rings. The van der Waals surface area contributed by atoms with Crippen molar-refractivity contribution in [3.63, 3.8) is 0 Å². The Morgan fingerprint density at radius 3 is 2.72 bits per heavy atom. The van der Waals surface area contributed by atoms with Gasteiger partial charge in [-0.2, -0.15) is 0 Å². The van der Waals surface area contributed by atoms with Crippen molar-refractivity contribution in [3.05, 3.63) is 58.5 Å². The second kappa shape index (κ2) is 5.55. The van der Waals surface area contributed by atoms with Gasteiger partial charge in [0.1, 0.15) is 5.69 Å². The first-order valence-electron chi connectivity index (χ1n) is 5.34. The standard InChI is InChI=1S/C13H12N2O2S/c1-18-10-5-2-4-9(8-10)14-13(17)11-6-3-7-12(16)15-11/h2-8H,1H3,(H,14,17)(H,15,16). The van der Waals surface area contributed by atoms with Crippen molar-refractivity contribution in [2.45, 2.75) is 4.90 Å². The number of aromatic nitrogens is 1. The van der Waals surface area contributed by atoms with E-state index in [1.807, 2.05) is 24.5 Å². The lowest BCUT2D eigenvalue weighted by molar-refractivity contribution is 0.102. The molecule has 1 aromatic heterocycles. The van der Waals surface area contributed by atoms with Gasteiger partial charge < -0.3 is 10.3 Å². The van der Waals surface area contributed by atoms with Gasteiger partial charge in [0.2, 0.25) is 5.56 Å². The average Bonchev–Trinajstić information content (AvgIpc) is 2.39. The Labute approximate surface area is 108 Å². The molecule has 1 amide bonds. The number of nitrogens with one attached hydrogen (secondary N) is 2. The SMILES string of the molecule is CSc1cccc(NC(=O)c2cccc(=O)[nH]2)c1. The zero-order valence-corrected chi connectivity index (χ0v) is 10.6. The van der Waals surface area contributed by atoms with E-state index in [2.05, 4.69) is 10.3 Å². The number of aromatic amines is 1. The van der Waals surface area contributed by atoms with Crippen LogP contribution < -0.4 is 10.9 Å². The molecule has 0 saturated heterocycles. The summed E-state index contributed by atoms with van der Waals surface area (Å²) >= 11 is 1.60. The third-order valence-corrected chi connectivity index (χ3v) is 3.07. The van der Waals surface area contributed by atoms with Crippen LogP contribution in [0.3, 0.4) is 0 Å². The molecule has 4 nitrogen and oxygen atoms in total. The molecule has 1 aromatic carbocycles. The second-order valence-electron chi connectivity index (χ2n) is 3.61. The molecule has 1 heterocycles. The van der Waals surface area contributed by atoms with Gasteiger partial charge in [0.25, 0.3) is 5.91 Å². The quantitative estimate of drug-likeness (QED) is 0.833. The highest BCUT2D eigenvalue weighted by Crippen LogP contribution is 2.19. The van der Waals surface area contributed by atoms with Gasteiger partial charge in [-0.1, -0.05) is 12.1 Å². The van der Waals surface area contributed by atoms with Gasteiger partial charge in [0.15, 0.2) is 0 Å². The van der Waals surface area contributed by atoms with Crippen molar-refractivity contribution in [2.24, 2.45) is 0 Å².